The van der Waals surface area contributed by atoms with Crippen molar-refractivity contribution in [2.24, 2.45) is 0 Å². The number of carbonyl (C=O) groups excluding carboxylic acids is 1. The summed E-state index contributed by atoms with van der Waals surface area (Å²) < 4.78 is 15.6. The SMILES string of the molecule is O=C(Nc1n[nH]c(-c2ccccn2)n1)c1ccc(-n2cccn2)c(F)c1. The maximum absolute atomic E-state index is 14.3. The number of anilines is 1. The zero-order valence-electron chi connectivity index (χ0n) is 13.3. The number of nitrogens with one attached hydrogen (secondary N) is 2. The number of benzene rings is 1. The smallest absolute Gasteiger partial charge is 0.258 e. The fourth-order valence-electron chi connectivity index (χ4n) is 2.35. The summed E-state index contributed by atoms with van der Waals surface area (Å²) in [5.41, 5.74) is 0.986. The summed E-state index contributed by atoms with van der Waals surface area (Å²) in [6.07, 6.45) is 4.79. The third kappa shape index (κ3) is 3.05. The van der Waals surface area contributed by atoms with Crippen LogP contribution in [0.1, 0.15) is 10.4 Å². The number of rotatable bonds is 4. The number of H-pyrrole nitrogens is 1. The van der Waals surface area contributed by atoms with Crippen LogP contribution in [-0.2, 0) is 0 Å². The van der Waals surface area contributed by atoms with Crippen LogP contribution in [0.4, 0.5) is 10.3 Å². The molecule has 0 fully saturated rings. The van der Waals surface area contributed by atoms with Gasteiger partial charge in [-0.25, -0.2) is 9.07 Å². The van der Waals surface area contributed by atoms with Gasteiger partial charge in [0.2, 0.25) is 5.95 Å². The summed E-state index contributed by atoms with van der Waals surface area (Å²) in [6.45, 7) is 0. The maximum Gasteiger partial charge on any atom is 0.258 e. The van der Waals surface area contributed by atoms with Crippen molar-refractivity contribution in [2.75, 3.05) is 5.32 Å². The maximum atomic E-state index is 14.3. The van der Waals surface area contributed by atoms with Crippen molar-refractivity contribution in [3.05, 3.63) is 72.4 Å². The normalized spacial score (nSPS) is 10.7. The molecule has 0 radical (unpaired) electrons. The fraction of sp³-hybridized carbons (Fsp3) is 0. The Bertz CT molecular complexity index is 1040. The van der Waals surface area contributed by atoms with E-state index in [0.717, 1.165) is 6.07 Å². The first-order valence-electron chi connectivity index (χ1n) is 7.65. The molecule has 1 amide bonds. The van der Waals surface area contributed by atoms with Gasteiger partial charge in [-0.1, -0.05) is 6.07 Å². The van der Waals surface area contributed by atoms with Gasteiger partial charge >= 0.3 is 0 Å². The van der Waals surface area contributed by atoms with Gasteiger partial charge in [-0.15, -0.1) is 5.10 Å². The first kappa shape index (κ1) is 15.6. The van der Waals surface area contributed by atoms with Gasteiger partial charge in [-0.3, -0.25) is 20.2 Å². The van der Waals surface area contributed by atoms with E-state index in [4.69, 9.17) is 0 Å². The Hall–Kier alpha value is -3.88. The molecule has 4 rings (SSSR count). The molecule has 3 aromatic heterocycles. The molecule has 0 saturated heterocycles. The van der Waals surface area contributed by atoms with Crippen LogP contribution in [0.25, 0.3) is 17.2 Å². The fourth-order valence-corrected chi connectivity index (χ4v) is 2.35. The average molecular weight is 349 g/mol. The van der Waals surface area contributed by atoms with Gasteiger partial charge in [0.25, 0.3) is 5.91 Å². The van der Waals surface area contributed by atoms with Crippen molar-refractivity contribution in [2.45, 2.75) is 0 Å². The molecule has 26 heavy (non-hydrogen) atoms. The lowest BCUT2D eigenvalue weighted by atomic mass is 10.2. The lowest BCUT2D eigenvalue weighted by Gasteiger charge is -2.06. The molecule has 8 nitrogen and oxygen atoms in total. The van der Waals surface area contributed by atoms with Crippen LogP contribution in [0.3, 0.4) is 0 Å². The molecular weight excluding hydrogens is 337 g/mol. The topological polar surface area (TPSA) is 101 Å². The van der Waals surface area contributed by atoms with E-state index in [9.17, 15) is 9.18 Å². The summed E-state index contributed by atoms with van der Waals surface area (Å²) in [7, 11) is 0. The van der Waals surface area contributed by atoms with Gasteiger partial charge in [-0.2, -0.15) is 10.1 Å². The third-order valence-electron chi connectivity index (χ3n) is 3.58. The minimum absolute atomic E-state index is 0.0761. The lowest BCUT2D eigenvalue weighted by molar-refractivity contribution is 0.102. The second-order valence-corrected chi connectivity index (χ2v) is 5.29. The van der Waals surface area contributed by atoms with Crippen LogP contribution in [-0.4, -0.2) is 35.9 Å². The predicted octanol–water partition coefficient (Wildman–Crippen LogP) is 2.44. The number of hydrogen-bond acceptors (Lipinski definition) is 5. The Morgan fingerprint density at radius 1 is 1.15 bits per heavy atom. The summed E-state index contributed by atoms with van der Waals surface area (Å²) in [5, 5.41) is 13.1. The highest BCUT2D eigenvalue weighted by Crippen LogP contribution is 2.16. The quantitative estimate of drug-likeness (QED) is 0.589. The van der Waals surface area contributed by atoms with Gasteiger partial charge in [0.05, 0.1) is 0 Å². The molecule has 1 aromatic carbocycles. The highest BCUT2D eigenvalue weighted by molar-refractivity contribution is 6.03. The lowest BCUT2D eigenvalue weighted by Crippen LogP contribution is -2.14. The predicted molar refractivity (Wildman–Crippen MR) is 91.1 cm³/mol. The second kappa shape index (κ2) is 6.55. The van der Waals surface area contributed by atoms with Crippen LogP contribution in [0.2, 0.25) is 0 Å². The zero-order chi connectivity index (χ0) is 17.9. The van der Waals surface area contributed by atoms with Crippen molar-refractivity contribution in [3.63, 3.8) is 0 Å². The molecule has 4 aromatic rings. The van der Waals surface area contributed by atoms with Crippen LogP contribution in [0.15, 0.2) is 61.1 Å². The first-order valence-corrected chi connectivity index (χ1v) is 7.65. The second-order valence-electron chi connectivity index (χ2n) is 5.29. The molecule has 0 aliphatic heterocycles. The first-order chi connectivity index (χ1) is 12.7. The Morgan fingerprint density at radius 3 is 2.81 bits per heavy atom. The van der Waals surface area contributed by atoms with Gasteiger partial charge < -0.3 is 0 Å². The van der Waals surface area contributed by atoms with Crippen LogP contribution in [0.5, 0.6) is 0 Å². The number of hydrogen-bond donors (Lipinski definition) is 2. The molecule has 0 spiro atoms. The van der Waals surface area contributed by atoms with Crippen LogP contribution >= 0.6 is 0 Å². The minimum atomic E-state index is -0.564. The Labute approximate surface area is 146 Å². The molecule has 0 aliphatic carbocycles. The van der Waals surface area contributed by atoms with E-state index >= 15 is 0 Å². The summed E-state index contributed by atoms with van der Waals surface area (Å²) in [5.74, 6) is -0.596. The number of nitrogens with zero attached hydrogens (tertiary/aromatic N) is 5. The number of pyridine rings is 1. The van der Waals surface area contributed by atoms with Crippen molar-refractivity contribution >= 4 is 11.9 Å². The Kier molecular flexibility index (Phi) is 3.94. The number of aromatic nitrogens is 6. The summed E-state index contributed by atoms with van der Waals surface area (Å²) in [6, 6.07) is 11.2. The monoisotopic (exact) mass is 349 g/mol. The Morgan fingerprint density at radius 2 is 2.08 bits per heavy atom. The molecule has 0 aliphatic rings. The van der Waals surface area contributed by atoms with Crippen molar-refractivity contribution in [3.8, 4) is 17.2 Å². The summed E-state index contributed by atoms with van der Waals surface area (Å²) in [4.78, 5) is 20.6. The minimum Gasteiger partial charge on any atom is -0.289 e. The molecule has 0 atom stereocenters. The summed E-state index contributed by atoms with van der Waals surface area (Å²) >= 11 is 0. The zero-order valence-corrected chi connectivity index (χ0v) is 13.3. The number of amides is 1. The number of halogens is 1. The number of carbonyl (C=O) groups is 1. The highest BCUT2D eigenvalue weighted by atomic mass is 19.1. The molecule has 3 heterocycles. The largest absolute Gasteiger partial charge is 0.289 e. The van der Waals surface area contributed by atoms with Gasteiger partial charge in [0.1, 0.15) is 17.2 Å². The van der Waals surface area contributed by atoms with E-state index < -0.39 is 11.7 Å². The van der Waals surface area contributed by atoms with Crippen molar-refractivity contribution in [1.29, 1.82) is 0 Å². The van der Waals surface area contributed by atoms with Crippen LogP contribution < -0.4 is 5.32 Å². The molecular formula is C17H12FN7O. The van der Waals surface area contributed by atoms with Crippen LogP contribution in [0, 0.1) is 5.82 Å². The molecule has 0 bridgehead atoms. The molecule has 9 heteroatoms. The molecule has 0 unspecified atom stereocenters. The van der Waals surface area contributed by atoms with E-state index in [0.29, 0.717) is 11.5 Å². The standard InChI is InChI=1S/C17H12FN7O/c18-12-10-11(5-6-14(12)25-9-3-8-20-25)16(26)22-17-21-15(23-24-17)13-4-1-2-7-19-13/h1-10H,(H2,21,22,23,24,26). The third-order valence-corrected chi connectivity index (χ3v) is 3.58. The van der Waals surface area contributed by atoms with Gasteiger partial charge in [0.15, 0.2) is 5.82 Å². The van der Waals surface area contributed by atoms with Crippen molar-refractivity contribution in [1.82, 2.24) is 29.9 Å². The van der Waals surface area contributed by atoms with Crippen molar-refractivity contribution < 1.29 is 9.18 Å². The highest BCUT2D eigenvalue weighted by Gasteiger charge is 2.14. The van der Waals surface area contributed by atoms with E-state index in [-0.39, 0.29) is 17.2 Å². The van der Waals surface area contributed by atoms with E-state index in [2.05, 4.69) is 30.6 Å². The Balaban J connectivity index is 1.52. The molecule has 2 N–H and O–H groups in total. The van der Waals surface area contributed by atoms with Gasteiger partial charge in [-0.05, 0) is 36.4 Å². The van der Waals surface area contributed by atoms with E-state index in [1.165, 1.54) is 16.8 Å². The van der Waals surface area contributed by atoms with Gasteiger partial charge in [0, 0.05) is 24.2 Å². The molecule has 0 saturated carbocycles. The van der Waals surface area contributed by atoms with E-state index in [1.54, 1.807) is 36.8 Å². The molecule has 128 valence electrons. The van der Waals surface area contributed by atoms with E-state index in [1.807, 2.05) is 6.07 Å². The number of aromatic amines is 1. The average Bonchev–Trinajstić information content (AvgIpc) is 3.34.